The van der Waals surface area contributed by atoms with Gasteiger partial charge >= 0.3 is 0 Å². The molecule has 3 heterocycles. The largest absolute Gasteiger partial charge is 0.346 e. The van der Waals surface area contributed by atoms with Gasteiger partial charge < -0.3 is 14.9 Å². The molecule has 0 saturated carbocycles. The Bertz CT molecular complexity index is 834. The number of nitrogens with zero attached hydrogens (tertiary/aromatic N) is 2. The number of hydrogen-bond acceptors (Lipinski definition) is 4. The molecule has 1 amide bonds. The van der Waals surface area contributed by atoms with Gasteiger partial charge in [-0.3, -0.25) is 9.59 Å². The monoisotopic (exact) mass is 374 g/mol. The highest BCUT2D eigenvalue weighted by atomic mass is 32.2. The van der Waals surface area contributed by atoms with Crippen molar-refractivity contribution in [2.75, 3.05) is 13.1 Å². The van der Waals surface area contributed by atoms with Crippen molar-refractivity contribution in [2.45, 2.75) is 38.1 Å². The minimum atomic E-state index is -0.175. The normalized spacial score (nSPS) is 16.0. The number of nitrogens with one attached hydrogen (secondary N) is 2. The summed E-state index contributed by atoms with van der Waals surface area (Å²) in [5.74, 6) is 0.629. The molecule has 3 rings (SSSR count). The minimum Gasteiger partial charge on any atom is -0.346 e. The molecule has 26 heavy (non-hydrogen) atoms. The molecule has 2 aromatic rings. The summed E-state index contributed by atoms with van der Waals surface area (Å²) in [5, 5.41) is 2.84. The minimum absolute atomic E-state index is 0.169. The number of carbonyl (C=O) groups is 1. The van der Waals surface area contributed by atoms with Gasteiger partial charge in [0.1, 0.15) is 5.69 Å². The van der Waals surface area contributed by atoms with Gasteiger partial charge in [0.15, 0.2) is 0 Å². The molecule has 0 atom stereocenters. The first-order chi connectivity index (χ1) is 12.5. The topological polar surface area (TPSA) is 70.1 Å². The zero-order valence-electron chi connectivity index (χ0n) is 15.5. The van der Waals surface area contributed by atoms with Crippen LogP contribution in [-0.2, 0) is 13.6 Å². The highest BCUT2D eigenvalue weighted by Gasteiger charge is 2.21. The average Bonchev–Trinajstić information content (AvgIpc) is 2.91. The molecule has 1 saturated heterocycles. The van der Waals surface area contributed by atoms with E-state index in [1.54, 1.807) is 30.3 Å². The Labute approximate surface area is 158 Å². The molecule has 6 nitrogen and oxygen atoms in total. The molecule has 1 aliphatic heterocycles. The van der Waals surface area contributed by atoms with Crippen LogP contribution in [0.2, 0.25) is 0 Å². The molecular weight excluding hydrogens is 348 g/mol. The van der Waals surface area contributed by atoms with E-state index in [0.29, 0.717) is 11.3 Å². The second kappa shape index (κ2) is 8.14. The summed E-state index contributed by atoms with van der Waals surface area (Å²) in [7, 11) is 1.90. The predicted octanol–water partition coefficient (Wildman–Crippen LogP) is 2.69. The van der Waals surface area contributed by atoms with Crippen LogP contribution >= 0.6 is 11.9 Å². The summed E-state index contributed by atoms with van der Waals surface area (Å²) < 4.78 is 4.30. The van der Waals surface area contributed by atoms with Crippen LogP contribution in [0.25, 0.3) is 0 Å². The summed E-state index contributed by atoms with van der Waals surface area (Å²) in [6.07, 6.45) is 4.02. The quantitative estimate of drug-likeness (QED) is 0.790. The van der Waals surface area contributed by atoms with E-state index in [0.717, 1.165) is 29.6 Å². The Morgan fingerprint density at radius 3 is 2.81 bits per heavy atom. The Balaban J connectivity index is 1.67. The van der Waals surface area contributed by atoms with Crippen molar-refractivity contribution in [3.05, 3.63) is 51.7 Å². The zero-order valence-corrected chi connectivity index (χ0v) is 16.4. The number of carbonyl (C=O) groups excluding carboxylic acids is 1. The predicted molar refractivity (Wildman–Crippen MR) is 104 cm³/mol. The summed E-state index contributed by atoms with van der Waals surface area (Å²) >= 11 is 1.74. The molecule has 0 bridgehead atoms. The lowest BCUT2D eigenvalue weighted by Crippen LogP contribution is -2.28. The van der Waals surface area contributed by atoms with Gasteiger partial charge in [0.05, 0.1) is 0 Å². The van der Waals surface area contributed by atoms with Gasteiger partial charge in [-0.2, -0.15) is 0 Å². The molecule has 1 aliphatic rings. The first-order valence-electron chi connectivity index (χ1n) is 8.99. The summed E-state index contributed by atoms with van der Waals surface area (Å²) in [5.41, 5.74) is 2.06. The molecule has 0 spiro atoms. The van der Waals surface area contributed by atoms with Gasteiger partial charge in [-0.15, -0.1) is 0 Å². The average molecular weight is 375 g/mol. The van der Waals surface area contributed by atoms with Crippen molar-refractivity contribution in [2.24, 2.45) is 13.0 Å². The van der Waals surface area contributed by atoms with Crippen molar-refractivity contribution in [1.82, 2.24) is 19.2 Å². The van der Waals surface area contributed by atoms with E-state index >= 15 is 0 Å². The maximum absolute atomic E-state index is 12.6. The van der Waals surface area contributed by atoms with Gasteiger partial charge in [-0.05, 0) is 49.8 Å². The molecule has 7 heteroatoms. The van der Waals surface area contributed by atoms with Crippen molar-refractivity contribution < 1.29 is 4.79 Å². The molecule has 0 radical (unpaired) electrons. The fourth-order valence-corrected chi connectivity index (χ4v) is 4.16. The van der Waals surface area contributed by atoms with Crippen molar-refractivity contribution in [1.29, 1.82) is 0 Å². The van der Waals surface area contributed by atoms with Crippen molar-refractivity contribution in [3.8, 4) is 0 Å². The summed E-state index contributed by atoms with van der Waals surface area (Å²) in [6.45, 7) is 6.71. The first kappa shape index (κ1) is 18.8. The van der Waals surface area contributed by atoms with Crippen LogP contribution < -0.4 is 10.9 Å². The number of rotatable bonds is 5. The number of piperidine rings is 1. The third-order valence-corrected chi connectivity index (χ3v) is 6.26. The number of pyridine rings is 1. The Morgan fingerprint density at radius 1 is 1.38 bits per heavy atom. The van der Waals surface area contributed by atoms with Crippen LogP contribution in [0.4, 0.5) is 0 Å². The van der Waals surface area contributed by atoms with Crippen LogP contribution in [0.3, 0.4) is 0 Å². The molecular formula is C19H26N4O2S. The smallest absolute Gasteiger partial charge is 0.268 e. The maximum atomic E-state index is 12.6. The lowest BCUT2D eigenvalue weighted by Gasteiger charge is -2.28. The lowest BCUT2D eigenvalue weighted by atomic mass is 10.0. The van der Waals surface area contributed by atoms with Gasteiger partial charge in [-0.1, -0.05) is 13.0 Å². The van der Waals surface area contributed by atoms with Gasteiger partial charge in [0.25, 0.3) is 11.5 Å². The standard InChI is InChI=1S/C19H26N4O2S/c1-13-6-9-23(10-7-13)26-17-11-16(22(3)14(17)2)19(25)21-12-15-5-4-8-20-18(15)24/h4-5,8,11,13H,6-7,9-10,12H2,1-3H3,(H,20,24)(H,21,25). The molecule has 0 aliphatic carbocycles. The molecule has 2 N–H and O–H groups in total. The van der Waals surface area contributed by atoms with Crippen molar-refractivity contribution in [3.63, 3.8) is 0 Å². The van der Waals surface area contributed by atoms with E-state index in [-0.39, 0.29) is 18.0 Å². The fourth-order valence-electron chi connectivity index (χ4n) is 3.06. The van der Waals surface area contributed by atoms with E-state index in [2.05, 4.69) is 21.5 Å². The van der Waals surface area contributed by atoms with Crippen LogP contribution in [0.5, 0.6) is 0 Å². The molecule has 1 fully saturated rings. The van der Waals surface area contributed by atoms with Crippen molar-refractivity contribution >= 4 is 17.9 Å². The number of amides is 1. The second-order valence-corrected chi connectivity index (χ2v) is 8.09. The van der Waals surface area contributed by atoms with E-state index in [4.69, 9.17) is 0 Å². The molecule has 0 aromatic carbocycles. The fraction of sp³-hybridized carbons (Fsp3) is 0.474. The molecule has 0 unspecified atom stereocenters. The van der Waals surface area contributed by atoms with E-state index in [1.165, 1.54) is 12.8 Å². The van der Waals surface area contributed by atoms with Crippen LogP contribution in [0, 0.1) is 12.8 Å². The lowest BCUT2D eigenvalue weighted by molar-refractivity contribution is 0.0942. The van der Waals surface area contributed by atoms with Gasteiger partial charge in [0, 0.05) is 49.0 Å². The third-order valence-electron chi connectivity index (χ3n) is 5.03. The Hall–Kier alpha value is -1.99. The maximum Gasteiger partial charge on any atom is 0.268 e. The number of aromatic amines is 1. The number of hydrogen-bond donors (Lipinski definition) is 2. The highest BCUT2D eigenvalue weighted by Crippen LogP contribution is 2.31. The Kier molecular flexibility index (Phi) is 5.88. The summed E-state index contributed by atoms with van der Waals surface area (Å²) in [6, 6.07) is 5.42. The van der Waals surface area contributed by atoms with Crippen LogP contribution in [0.15, 0.2) is 34.1 Å². The molecule has 140 valence electrons. The highest BCUT2D eigenvalue weighted by molar-refractivity contribution is 7.97. The zero-order chi connectivity index (χ0) is 18.7. The molecule has 2 aromatic heterocycles. The van der Waals surface area contributed by atoms with Gasteiger partial charge in [0.2, 0.25) is 0 Å². The van der Waals surface area contributed by atoms with Crippen LogP contribution in [-0.4, -0.2) is 32.9 Å². The number of aromatic nitrogens is 2. The van der Waals surface area contributed by atoms with E-state index < -0.39 is 0 Å². The van der Waals surface area contributed by atoms with Crippen LogP contribution in [0.1, 0.15) is 41.5 Å². The second-order valence-electron chi connectivity index (χ2n) is 6.95. The third kappa shape index (κ3) is 4.22. The van der Waals surface area contributed by atoms with E-state index in [9.17, 15) is 9.59 Å². The SMILES string of the molecule is Cc1c(SN2CCC(C)CC2)cc(C(=O)NCc2ccc[nH]c2=O)n1C. The van der Waals surface area contributed by atoms with E-state index in [1.807, 2.05) is 24.6 Å². The summed E-state index contributed by atoms with van der Waals surface area (Å²) in [4.78, 5) is 28.0. The first-order valence-corrected chi connectivity index (χ1v) is 9.77. The number of H-pyrrole nitrogens is 1. The Morgan fingerprint density at radius 2 is 2.12 bits per heavy atom. The van der Waals surface area contributed by atoms with Gasteiger partial charge in [-0.25, -0.2) is 4.31 Å².